The van der Waals surface area contributed by atoms with Crippen molar-refractivity contribution < 1.29 is 13.2 Å². The van der Waals surface area contributed by atoms with E-state index in [-0.39, 0.29) is 10.6 Å². The SMILES string of the molecule is Cc1cc(C)cc(NS(=O)(=O)c2[nH]ncc2C(=O)Nc2cccc(C(C)C)c2)c1. The Bertz CT molecular complexity index is 1130. The maximum Gasteiger partial charge on any atom is 0.279 e. The first-order chi connectivity index (χ1) is 13.7. The number of nitrogens with one attached hydrogen (secondary N) is 3. The van der Waals surface area contributed by atoms with Gasteiger partial charge in [0.1, 0.15) is 0 Å². The molecular weight excluding hydrogens is 388 g/mol. The Balaban J connectivity index is 1.86. The molecule has 1 heterocycles. The van der Waals surface area contributed by atoms with Gasteiger partial charge in [-0.15, -0.1) is 0 Å². The van der Waals surface area contributed by atoms with Crippen LogP contribution in [0.3, 0.4) is 0 Å². The molecule has 0 fully saturated rings. The molecule has 3 aromatic rings. The summed E-state index contributed by atoms with van der Waals surface area (Å²) in [4.78, 5) is 12.7. The highest BCUT2D eigenvalue weighted by molar-refractivity contribution is 7.92. The van der Waals surface area contributed by atoms with Crippen LogP contribution in [-0.4, -0.2) is 24.5 Å². The molecule has 0 aliphatic carbocycles. The van der Waals surface area contributed by atoms with Crippen molar-refractivity contribution in [3.8, 4) is 0 Å². The predicted octanol–water partition coefficient (Wildman–Crippen LogP) is 4.20. The third-order valence-electron chi connectivity index (χ3n) is 4.40. The number of hydrogen-bond donors (Lipinski definition) is 3. The topological polar surface area (TPSA) is 104 Å². The average Bonchev–Trinajstić information content (AvgIpc) is 3.11. The first-order valence-electron chi connectivity index (χ1n) is 9.21. The number of carbonyl (C=O) groups excluding carboxylic acids is 1. The molecule has 7 nitrogen and oxygen atoms in total. The third-order valence-corrected chi connectivity index (χ3v) is 5.76. The van der Waals surface area contributed by atoms with E-state index in [9.17, 15) is 13.2 Å². The lowest BCUT2D eigenvalue weighted by Crippen LogP contribution is -2.20. The largest absolute Gasteiger partial charge is 0.322 e. The molecule has 0 unspecified atom stereocenters. The second kappa shape index (κ2) is 8.08. The van der Waals surface area contributed by atoms with Crippen LogP contribution in [0.15, 0.2) is 53.7 Å². The Hall–Kier alpha value is -3.13. The smallest absolute Gasteiger partial charge is 0.279 e. The number of hydrogen-bond acceptors (Lipinski definition) is 4. The van der Waals surface area contributed by atoms with Gasteiger partial charge in [-0.3, -0.25) is 14.6 Å². The van der Waals surface area contributed by atoms with Gasteiger partial charge in [0.25, 0.3) is 15.9 Å². The second-order valence-electron chi connectivity index (χ2n) is 7.33. The van der Waals surface area contributed by atoms with E-state index in [0.717, 1.165) is 16.7 Å². The second-order valence-corrected chi connectivity index (χ2v) is 8.95. The molecule has 0 aliphatic rings. The van der Waals surface area contributed by atoms with E-state index < -0.39 is 15.9 Å². The Morgan fingerprint density at radius 1 is 1.03 bits per heavy atom. The summed E-state index contributed by atoms with van der Waals surface area (Å²) < 4.78 is 28.2. The molecule has 0 saturated heterocycles. The van der Waals surface area contributed by atoms with Gasteiger partial charge in [-0.05, 0) is 60.7 Å². The molecule has 0 aliphatic heterocycles. The number of rotatable bonds is 6. The molecule has 0 spiro atoms. The molecule has 3 rings (SSSR count). The number of nitrogens with zero attached hydrogens (tertiary/aromatic N) is 1. The van der Waals surface area contributed by atoms with Crippen LogP contribution in [-0.2, 0) is 10.0 Å². The number of benzene rings is 2. The minimum atomic E-state index is -4.02. The summed E-state index contributed by atoms with van der Waals surface area (Å²) in [6.07, 6.45) is 1.21. The van der Waals surface area contributed by atoms with Gasteiger partial charge >= 0.3 is 0 Å². The van der Waals surface area contributed by atoms with Crippen molar-refractivity contribution in [2.45, 2.75) is 38.6 Å². The minimum Gasteiger partial charge on any atom is -0.322 e. The van der Waals surface area contributed by atoms with E-state index in [2.05, 4.69) is 34.1 Å². The zero-order valence-electron chi connectivity index (χ0n) is 16.8. The monoisotopic (exact) mass is 412 g/mol. The van der Waals surface area contributed by atoms with Crippen molar-refractivity contribution in [3.05, 3.63) is 70.9 Å². The number of carbonyl (C=O) groups is 1. The van der Waals surface area contributed by atoms with Gasteiger partial charge in [0.15, 0.2) is 5.03 Å². The minimum absolute atomic E-state index is 0.0585. The summed E-state index contributed by atoms with van der Waals surface area (Å²) in [5, 5.41) is 8.66. The summed E-state index contributed by atoms with van der Waals surface area (Å²) in [5.74, 6) is -0.251. The van der Waals surface area contributed by atoms with Gasteiger partial charge < -0.3 is 5.32 Å². The summed E-state index contributed by atoms with van der Waals surface area (Å²) >= 11 is 0. The molecular formula is C21H24N4O3S. The van der Waals surface area contributed by atoms with Crippen LogP contribution >= 0.6 is 0 Å². The van der Waals surface area contributed by atoms with Gasteiger partial charge in [-0.1, -0.05) is 32.0 Å². The van der Waals surface area contributed by atoms with E-state index in [1.165, 1.54) is 6.20 Å². The molecule has 0 saturated carbocycles. The van der Waals surface area contributed by atoms with E-state index in [1.807, 2.05) is 38.1 Å². The first kappa shape index (κ1) is 20.6. The molecule has 152 valence electrons. The van der Waals surface area contributed by atoms with Gasteiger partial charge in [-0.2, -0.15) is 13.5 Å². The summed E-state index contributed by atoms with van der Waals surface area (Å²) in [6, 6.07) is 12.8. The van der Waals surface area contributed by atoms with Crippen molar-refractivity contribution in [1.29, 1.82) is 0 Å². The first-order valence-corrected chi connectivity index (χ1v) is 10.7. The van der Waals surface area contributed by atoms with Gasteiger partial charge in [-0.25, -0.2) is 0 Å². The van der Waals surface area contributed by atoms with Crippen LogP contribution in [0.1, 0.15) is 46.8 Å². The van der Waals surface area contributed by atoms with Crippen LogP contribution < -0.4 is 10.0 Å². The molecule has 8 heteroatoms. The van der Waals surface area contributed by atoms with Crippen LogP contribution in [0.25, 0.3) is 0 Å². The van der Waals surface area contributed by atoms with Crippen LogP contribution in [0.5, 0.6) is 0 Å². The van der Waals surface area contributed by atoms with Gasteiger partial charge in [0, 0.05) is 11.4 Å². The Morgan fingerprint density at radius 2 is 1.72 bits per heavy atom. The van der Waals surface area contributed by atoms with Gasteiger partial charge in [0.2, 0.25) is 0 Å². The normalized spacial score (nSPS) is 11.5. The number of anilines is 2. The van der Waals surface area contributed by atoms with Crippen LogP contribution in [0, 0.1) is 13.8 Å². The maximum absolute atomic E-state index is 12.8. The van der Waals surface area contributed by atoms with E-state index in [4.69, 9.17) is 0 Å². The lowest BCUT2D eigenvalue weighted by atomic mass is 10.0. The molecule has 0 atom stereocenters. The number of H-pyrrole nitrogens is 1. The van der Waals surface area contributed by atoms with E-state index >= 15 is 0 Å². The zero-order chi connectivity index (χ0) is 21.2. The molecule has 1 aromatic heterocycles. The lowest BCUT2D eigenvalue weighted by Gasteiger charge is -2.11. The molecule has 0 radical (unpaired) electrons. The van der Waals surface area contributed by atoms with Crippen LogP contribution in [0.4, 0.5) is 11.4 Å². The zero-order valence-corrected chi connectivity index (χ0v) is 17.6. The summed E-state index contributed by atoms with van der Waals surface area (Å²) in [7, 11) is -4.02. The number of aryl methyl sites for hydroxylation is 2. The summed E-state index contributed by atoms with van der Waals surface area (Å²) in [5.41, 5.74) is 3.88. The number of aromatic nitrogens is 2. The number of amides is 1. The fourth-order valence-electron chi connectivity index (χ4n) is 3.05. The maximum atomic E-state index is 12.8. The molecule has 3 N–H and O–H groups in total. The highest BCUT2D eigenvalue weighted by Crippen LogP contribution is 2.22. The third kappa shape index (κ3) is 4.83. The lowest BCUT2D eigenvalue weighted by molar-refractivity contribution is 0.102. The van der Waals surface area contributed by atoms with Crippen molar-refractivity contribution in [1.82, 2.24) is 10.2 Å². The average molecular weight is 413 g/mol. The number of aromatic amines is 1. The van der Waals surface area contributed by atoms with Crippen LogP contribution in [0.2, 0.25) is 0 Å². The fourth-order valence-corrected chi connectivity index (χ4v) is 4.19. The Morgan fingerprint density at radius 3 is 2.38 bits per heavy atom. The molecule has 2 aromatic carbocycles. The fraction of sp³-hybridized carbons (Fsp3) is 0.238. The Kier molecular flexibility index (Phi) is 5.74. The quantitative estimate of drug-likeness (QED) is 0.564. The Labute approximate surface area is 170 Å². The van der Waals surface area contributed by atoms with Crippen molar-refractivity contribution in [2.75, 3.05) is 10.0 Å². The summed E-state index contributed by atoms with van der Waals surface area (Å²) in [6.45, 7) is 7.87. The van der Waals surface area contributed by atoms with Crippen molar-refractivity contribution in [2.24, 2.45) is 0 Å². The van der Waals surface area contributed by atoms with E-state index in [0.29, 0.717) is 17.3 Å². The van der Waals surface area contributed by atoms with Crippen molar-refractivity contribution in [3.63, 3.8) is 0 Å². The number of sulfonamides is 1. The molecule has 0 bridgehead atoms. The van der Waals surface area contributed by atoms with Crippen molar-refractivity contribution >= 4 is 27.3 Å². The molecule has 29 heavy (non-hydrogen) atoms. The molecule has 1 amide bonds. The highest BCUT2D eigenvalue weighted by Gasteiger charge is 2.25. The predicted molar refractivity (Wildman–Crippen MR) is 114 cm³/mol. The highest BCUT2D eigenvalue weighted by atomic mass is 32.2. The standard InChI is InChI=1S/C21H24N4O3S/c1-13(2)16-6-5-7-17(11-16)23-20(26)19-12-22-24-21(19)29(27,28)25-18-9-14(3)8-15(4)10-18/h5-13,25H,1-4H3,(H,22,24)(H,23,26). The van der Waals surface area contributed by atoms with Gasteiger partial charge in [0.05, 0.1) is 11.8 Å². The van der Waals surface area contributed by atoms with E-state index in [1.54, 1.807) is 18.2 Å².